The summed E-state index contributed by atoms with van der Waals surface area (Å²) in [5.41, 5.74) is 1.16. The summed E-state index contributed by atoms with van der Waals surface area (Å²) in [5.74, 6) is -0.413. The Kier molecular flexibility index (Phi) is 4.02. The molecular weight excluding hydrogens is 231 g/mol. The Balaban J connectivity index is 1.86. The first-order chi connectivity index (χ1) is 8.77. The van der Waals surface area contributed by atoms with Crippen LogP contribution in [0, 0.1) is 5.82 Å². The van der Waals surface area contributed by atoms with E-state index in [0.717, 1.165) is 0 Å². The number of amides is 1. The van der Waals surface area contributed by atoms with Gasteiger partial charge in [-0.3, -0.25) is 9.78 Å². The van der Waals surface area contributed by atoms with Gasteiger partial charge in [0.25, 0.3) is 5.91 Å². The fraction of sp³-hybridized carbons (Fsp3) is 0.143. The zero-order valence-electron chi connectivity index (χ0n) is 9.77. The number of nitrogens with zero attached hydrogens (tertiary/aromatic N) is 1. The van der Waals surface area contributed by atoms with E-state index >= 15 is 0 Å². The molecule has 0 aliphatic rings. The van der Waals surface area contributed by atoms with Crippen molar-refractivity contribution in [3.05, 3.63) is 65.7 Å². The first kappa shape index (κ1) is 12.2. The van der Waals surface area contributed by atoms with Gasteiger partial charge in [-0.15, -0.1) is 0 Å². The highest BCUT2D eigenvalue weighted by Gasteiger charge is 2.05. The van der Waals surface area contributed by atoms with Crippen molar-refractivity contribution in [1.29, 1.82) is 0 Å². The van der Waals surface area contributed by atoms with E-state index in [1.54, 1.807) is 42.7 Å². The van der Waals surface area contributed by atoms with E-state index in [9.17, 15) is 9.18 Å². The normalized spacial score (nSPS) is 10.1. The second-order valence-electron chi connectivity index (χ2n) is 3.83. The average Bonchev–Trinajstić information content (AvgIpc) is 2.42. The number of nitrogens with one attached hydrogen (secondary N) is 1. The first-order valence-electron chi connectivity index (χ1n) is 5.69. The molecule has 18 heavy (non-hydrogen) atoms. The van der Waals surface area contributed by atoms with Crippen molar-refractivity contribution in [2.24, 2.45) is 0 Å². The van der Waals surface area contributed by atoms with Crippen molar-refractivity contribution < 1.29 is 9.18 Å². The molecule has 0 aliphatic carbocycles. The molecule has 1 amide bonds. The summed E-state index contributed by atoms with van der Waals surface area (Å²) < 4.78 is 13.3. The molecule has 1 aromatic heterocycles. The number of carbonyl (C=O) groups excluding carboxylic acids is 1. The molecule has 2 aromatic rings. The number of benzene rings is 1. The number of hydrogen-bond acceptors (Lipinski definition) is 2. The van der Waals surface area contributed by atoms with Gasteiger partial charge in [0, 0.05) is 24.5 Å². The molecule has 0 unspecified atom stereocenters. The van der Waals surface area contributed by atoms with Gasteiger partial charge < -0.3 is 5.32 Å². The highest BCUT2D eigenvalue weighted by molar-refractivity contribution is 5.93. The zero-order chi connectivity index (χ0) is 12.8. The van der Waals surface area contributed by atoms with Gasteiger partial charge in [-0.25, -0.2) is 4.39 Å². The van der Waals surface area contributed by atoms with E-state index in [1.165, 1.54) is 6.07 Å². The van der Waals surface area contributed by atoms with Crippen LogP contribution in [0.25, 0.3) is 0 Å². The lowest BCUT2D eigenvalue weighted by Crippen LogP contribution is -2.25. The third kappa shape index (κ3) is 3.13. The minimum atomic E-state index is -0.240. The third-order valence-electron chi connectivity index (χ3n) is 2.58. The molecule has 2 rings (SSSR count). The Morgan fingerprint density at radius 1 is 1.17 bits per heavy atom. The largest absolute Gasteiger partial charge is 0.352 e. The predicted octanol–water partition coefficient (Wildman–Crippen LogP) is 2.19. The molecule has 4 heteroatoms. The molecule has 0 aliphatic heterocycles. The molecule has 0 spiro atoms. The molecule has 0 fully saturated rings. The van der Waals surface area contributed by atoms with Gasteiger partial charge in [0.15, 0.2) is 0 Å². The number of pyridine rings is 1. The van der Waals surface area contributed by atoms with E-state index in [1.807, 2.05) is 0 Å². The molecule has 1 N–H and O–H groups in total. The van der Waals surface area contributed by atoms with E-state index in [4.69, 9.17) is 0 Å². The summed E-state index contributed by atoms with van der Waals surface area (Å²) in [4.78, 5) is 15.5. The van der Waals surface area contributed by atoms with Crippen molar-refractivity contribution >= 4 is 5.91 Å². The maximum absolute atomic E-state index is 13.3. The van der Waals surface area contributed by atoms with Crippen LogP contribution in [0.4, 0.5) is 4.39 Å². The van der Waals surface area contributed by atoms with Crippen LogP contribution in [0.15, 0.2) is 48.8 Å². The van der Waals surface area contributed by atoms with Crippen molar-refractivity contribution in [1.82, 2.24) is 10.3 Å². The molecule has 0 saturated heterocycles. The molecule has 3 nitrogen and oxygen atoms in total. The summed E-state index contributed by atoms with van der Waals surface area (Å²) in [6, 6.07) is 9.84. The van der Waals surface area contributed by atoms with Crippen molar-refractivity contribution in [3.8, 4) is 0 Å². The first-order valence-corrected chi connectivity index (χ1v) is 5.69. The minimum absolute atomic E-state index is 0.172. The van der Waals surface area contributed by atoms with Gasteiger partial charge in [-0.05, 0) is 30.2 Å². The van der Waals surface area contributed by atoms with E-state index in [0.29, 0.717) is 24.1 Å². The fourth-order valence-corrected chi connectivity index (χ4v) is 1.62. The molecular formula is C14H13FN2O. The van der Waals surface area contributed by atoms with Gasteiger partial charge >= 0.3 is 0 Å². The maximum atomic E-state index is 13.3. The molecule has 0 saturated carbocycles. The fourth-order valence-electron chi connectivity index (χ4n) is 1.62. The molecule has 92 valence electrons. The highest BCUT2D eigenvalue weighted by Crippen LogP contribution is 2.06. The predicted molar refractivity (Wildman–Crippen MR) is 66.7 cm³/mol. The lowest BCUT2D eigenvalue weighted by Gasteiger charge is -2.05. The Hall–Kier alpha value is -2.23. The van der Waals surface area contributed by atoms with Gasteiger partial charge in [0.1, 0.15) is 5.82 Å². The molecule has 1 heterocycles. The Morgan fingerprint density at radius 2 is 1.89 bits per heavy atom. The minimum Gasteiger partial charge on any atom is -0.352 e. The summed E-state index contributed by atoms with van der Waals surface area (Å²) in [6.07, 6.45) is 3.60. The number of carbonyl (C=O) groups is 1. The lowest BCUT2D eigenvalue weighted by molar-refractivity contribution is 0.0954. The Morgan fingerprint density at radius 3 is 2.61 bits per heavy atom. The molecule has 1 aromatic carbocycles. The van der Waals surface area contributed by atoms with Crippen molar-refractivity contribution in [2.75, 3.05) is 6.54 Å². The van der Waals surface area contributed by atoms with Crippen LogP contribution in [0.2, 0.25) is 0 Å². The average molecular weight is 244 g/mol. The van der Waals surface area contributed by atoms with Gasteiger partial charge in [0.05, 0.1) is 0 Å². The number of halogens is 1. The monoisotopic (exact) mass is 244 g/mol. The van der Waals surface area contributed by atoms with Crippen LogP contribution >= 0.6 is 0 Å². The smallest absolute Gasteiger partial charge is 0.251 e. The summed E-state index contributed by atoms with van der Waals surface area (Å²) in [5, 5.41) is 2.74. The quantitative estimate of drug-likeness (QED) is 0.895. The van der Waals surface area contributed by atoms with Crippen molar-refractivity contribution in [3.63, 3.8) is 0 Å². The third-order valence-corrected chi connectivity index (χ3v) is 2.58. The summed E-state index contributed by atoms with van der Waals surface area (Å²) in [6.45, 7) is 0.405. The molecule has 0 radical (unpaired) electrons. The van der Waals surface area contributed by atoms with Crippen LogP contribution in [-0.2, 0) is 6.42 Å². The number of rotatable bonds is 4. The van der Waals surface area contributed by atoms with Crippen LogP contribution in [0.1, 0.15) is 15.9 Å². The van der Waals surface area contributed by atoms with Gasteiger partial charge in [-0.1, -0.05) is 18.2 Å². The van der Waals surface area contributed by atoms with Crippen LogP contribution in [-0.4, -0.2) is 17.4 Å². The lowest BCUT2D eigenvalue weighted by atomic mass is 10.1. The van der Waals surface area contributed by atoms with Gasteiger partial charge in [-0.2, -0.15) is 0 Å². The van der Waals surface area contributed by atoms with Crippen LogP contribution in [0.3, 0.4) is 0 Å². The summed E-state index contributed by atoms with van der Waals surface area (Å²) >= 11 is 0. The van der Waals surface area contributed by atoms with Crippen molar-refractivity contribution in [2.45, 2.75) is 6.42 Å². The number of hydrogen-bond donors (Lipinski definition) is 1. The van der Waals surface area contributed by atoms with E-state index in [-0.39, 0.29) is 11.7 Å². The zero-order valence-corrected chi connectivity index (χ0v) is 9.77. The second-order valence-corrected chi connectivity index (χ2v) is 3.83. The standard InChI is InChI=1S/C14H13FN2O/c15-13-4-2-1-3-11(13)7-10-17-14(18)12-5-8-16-9-6-12/h1-6,8-9H,7,10H2,(H,17,18). The summed E-state index contributed by atoms with van der Waals surface area (Å²) in [7, 11) is 0. The van der Waals surface area contributed by atoms with Crippen LogP contribution in [0.5, 0.6) is 0 Å². The Bertz CT molecular complexity index is 528. The van der Waals surface area contributed by atoms with Crippen LogP contribution < -0.4 is 5.32 Å². The topological polar surface area (TPSA) is 42.0 Å². The Labute approximate surface area is 105 Å². The molecule has 0 atom stereocenters. The SMILES string of the molecule is O=C(NCCc1ccccc1F)c1ccncc1. The maximum Gasteiger partial charge on any atom is 0.251 e. The highest BCUT2D eigenvalue weighted by atomic mass is 19.1. The van der Waals surface area contributed by atoms with E-state index in [2.05, 4.69) is 10.3 Å². The molecule has 0 bridgehead atoms. The van der Waals surface area contributed by atoms with Gasteiger partial charge in [0.2, 0.25) is 0 Å². The number of aromatic nitrogens is 1. The van der Waals surface area contributed by atoms with E-state index < -0.39 is 0 Å². The second kappa shape index (κ2) is 5.91.